The van der Waals surface area contributed by atoms with E-state index in [9.17, 15) is 0 Å². The van der Waals surface area contributed by atoms with Crippen molar-refractivity contribution in [2.45, 2.75) is 53.4 Å². The normalized spacial score (nSPS) is 11.8. The second kappa shape index (κ2) is 22.5. The van der Waals surface area contributed by atoms with E-state index in [4.69, 9.17) is 0 Å². The quantitative estimate of drug-likeness (QED) is 0.0894. The summed E-state index contributed by atoms with van der Waals surface area (Å²) in [5.41, 5.74) is 18.9. The summed E-state index contributed by atoms with van der Waals surface area (Å²) < 4.78 is 5.21. The molecule has 12 aromatic carbocycles. The molecule has 0 radical (unpaired) electrons. The predicted molar refractivity (Wildman–Crippen MR) is 388 cm³/mol. The molecular formula is C80H62N4S4. The molecular weight excluding hydrogens is 1150 g/mol. The van der Waals surface area contributed by atoms with Crippen molar-refractivity contribution in [3.63, 3.8) is 0 Å². The molecule has 0 fully saturated rings. The molecule has 0 saturated carbocycles. The van der Waals surface area contributed by atoms with Gasteiger partial charge < -0.3 is 19.6 Å². The lowest BCUT2D eigenvalue weighted by Gasteiger charge is -2.36. The minimum absolute atomic E-state index is 0.868. The number of rotatable bonds is 16. The molecule has 16 rings (SSSR count). The molecule has 0 aliphatic heterocycles. The van der Waals surface area contributed by atoms with Gasteiger partial charge in [0.1, 0.15) is 0 Å². The number of nitrogens with zero attached hydrogens (tertiary/aromatic N) is 4. The van der Waals surface area contributed by atoms with Gasteiger partial charge in [0, 0.05) is 73.9 Å². The van der Waals surface area contributed by atoms with Crippen LogP contribution in [0.4, 0.5) is 68.2 Å². The van der Waals surface area contributed by atoms with Crippen molar-refractivity contribution in [1.82, 2.24) is 0 Å². The van der Waals surface area contributed by atoms with Gasteiger partial charge in [-0.1, -0.05) is 125 Å². The summed E-state index contributed by atoms with van der Waals surface area (Å²) >= 11 is 7.27. The zero-order chi connectivity index (χ0) is 59.0. The molecule has 88 heavy (non-hydrogen) atoms. The lowest BCUT2D eigenvalue weighted by molar-refractivity contribution is 1.13. The Balaban J connectivity index is 1.12. The molecule has 0 amide bonds. The van der Waals surface area contributed by atoms with Crippen LogP contribution in [0.1, 0.15) is 49.9 Å². The summed E-state index contributed by atoms with van der Waals surface area (Å²) in [6.45, 7) is 9.27. The standard InChI is InChI=1S/C80H62N4S4/c1-5-55-59-41-45-85-75(59)37-33-67(55)81(51-21-13-9-14-22-51)71-49-72(82(52-23-15-10-16-24-52)68-34-38-76-60(42-46-86-76)56(68)6-2)64-31-32-66-74(84(54-27-19-12-20-28-54)70-36-40-78-62(44-48-88-78)58(70)8-4)50-73(65-30-29-63(71)79(64)80(65)66)83(53-25-17-11-18-26-53)69-35-39-77-61(43-47-87-77)57(69)7-3/h9-50H,5-8H2,1-4H3. The highest BCUT2D eigenvalue weighted by Gasteiger charge is 2.32. The van der Waals surface area contributed by atoms with Crippen LogP contribution in [0, 0.1) is 0 Å². The van der Waals surface area contributed by atoms with Crippen molar-refractivity contribution >= 4 is 186 Å². The van der Waals surface area contributed by atoms with Gasteiger partial charge in [-0.3, -0.25) is 0 Å². The first-order chi connectivity index (χ1) is 43.5. The van der Waals surface area contributed by atoms with Gasteiger partial charge in [-0.2, -0.15) is 0 Å². The average Bonchev–Trinajstić information content (AvgIpc) is 0.805. The van der Waals surface area contributed by atoms with Crippen LogP contribution in [0.3, 0.4) is 0 Å². The van der Waals surface area contributed by atoms with Crippen LogP contribution in [0.5, 0.6) is 0 Å². The average molecular weight is 1210 g/mol. The van der Waals surface area contributed by atoms with Crippen LogP contribution in [0.2, 0.25) is 0 Å². The highest BCUT2D eigenvalue weighted by molar-refractivity contribution is 7.18. The van der Waals surface area contributed by atoms with E-state index < -0.39 is 0 Å². The van der Waals surface area contributed by atoms with Crippen molar-refractivity contribution in [1.29, 1.82) is 0 Å². The Morgan fingerprint density at radius 2 is 0.455 bits per heavy atom. The van der Waals surface area contributed by atoms with E-state index in [2.05, 4.69) is 299 Å². The SMILES string of the molecule is CCc1c(N(c2ccccc2)c2cc(N(c3ccccc3)c3ccc4sccc4c3CC)c3ccc4c(N(c5ccccc5)c5ccc6sccc6c5CC)cc(N(c5ccccc5)c5ccc6sccc6c5CC)c5ccc2c3c54)ccc2sccc12. The van der Waals surface area contributed by atoms with E-state index in [1.54, 1.807) is 0 Å². The van der Waals surface area contributed by atoms with Gasteiger partial charge in [-0.25, -0.2) is 0 Å². The van der Waals surface area contributed by atoms with Crippen molar-refractivity contribution in [2.75, 3.05) is 19.6 Å². The van der Waals surface area contributed by atoms with Crippen LogP contribution in [-0.2, 0) is 25.7 Å². The number of hydrogen-bond donors (Lipinski definition) is 0. The summed E-state index contributed by atoms with van der Waals surface area (Å²) in [7, 11) is 0. The third-order valence-electron chi connectivity index (χ3n) is 18.1. The van der Waals surface area contributed by atoms with E-state index in [0.29, 0.717) is 0 Å². The predicted octanol–water partition coefficient (Wildman–Crippen LogP) is 25.6. The van der Waals surface area contributed by atoms with E-state index in [0.717, 1.165) is 71.2 Å². The fraction of sp³-hybridized carbons (Fsp3) is 0.100. The molecule has 0 spiro atoms. The molecule has 0 bridgehead atoms. The number of benzene rings is 12. The molecule has 4 heterocycles. The second-order valence-corrected chi connectivity index (χ2v) is 26.4. The summed E-state index contributed by atoms with van der Waals surface area (Å²) in [6.07, 6.45) is 3.47. The smallest absolute Gasteiger partial charge is 0.0561 e. The fourth-order valence-corrected chi connectivity index (χ4v) is 17.6. The second-order valence-electron chi connectivity index (χ2n) is 22.6. The van der Waals surface area contributed by atoms with Crippen LogP contribution >= 0.6 is 45.3 Å². The van der Waals surface area contributed by atoms with Crippen molar-refractivity contribution in [2.24, 2.45) is 0 Å². The zero-order valence-electron chi connectivity index (χ0n) is 49.5. The topological polar surface area (TPSA) is 13.0 Å². The Hall–Kier alpha value is -9.28. The van der Waals surface area contributed by atoms with Crippen molar-refractivity contribution in [3.05, 3.63) is 274 Å². The summed E-state index contributed by atoms with van der Waals surface area (Å²) in [5, 5.41) is 21.3. The molecule has 0 unspecified atom stereocenters. The number of fused-ring (bicyclic) bond motifs is 4. The Bertz CT molecular complexity index is 4590. The Morgan fingerprint density at radius 1 is 0.227 bits per heavy atom. The number of para-hydroxylation sites is 4. The molecule has 0 N–H and O–H groups in total. The van der Waals surface area contributed by atoms with E-state index >= 15 is 0 Å². The first kappa shape index (κ1) is 54.1. The first-order valence-corrected chi connectivity index (χ1v) is 34.2. The van der Waals surface area contributed by atoms with Gasteiger partial charge in [0.15, 0.2) is 0 Å². The molecule has 0 saturated heterocycles. The monoisotopic (exact) mass is 1210 g/mol. The zero-order valence-corrected chi connectivity index (χ0v) is 52.8. The minimum Gasteiger partial charge on any atom is -0.309 e. The maximum Gasteiger partial charge on any atom is 0.0561 e. The van der Waals surface area contributed by atoms with Gasteiger partial charge in [0.25, 0.3) is 0 Å². The summed E-state index contributed by atoms with van der Waals surface area (Å²) in [6, 6.07) is 87.5. The molecule has 8 heteroatoms. The highest BCUT2D eigenvalue weighted by atomic mass is 32.1. The molecule has 0 aliphatic carbocycles. The van der Waals surface area contributed by atoms with Crippen molar-refractivity contribution in [3.8, 4) is 0 Å². The van der Waals surface area contributed by atoms with E-state index in [1.807, 2.05) is 45.3 Å². The van der Waals surface area contributed by atoms with Gasteiger partial charge in [-0.05, 0) is 224 Å². The molecule has 0 aliphatic rings. The molecule has 16 aromatic rings. The first-order valence-electron chi connectivity index (χ1n) is 30.7. The Morgan fingerprint density at radius 3 is 0.670 bits per heavy atom. The Kier molecular flexibility index (Phi) is 13.8. The fourth-order valence-electron chi connectivity index (χ4n) is 14.3. The molecule has 4 nitrogen and oxygen atoms in total. The lowest BCUT2D eigenvalue weighted by Crippen LogP contribution is -2.17. The van der Waals surface area contributed by atoms with Gasteiger partial charge >= 0.3 is 0 Å². The van der Waals surface area contributed by atoms with E-state index in [1.165, 1.54) is 118 Å². The van der Waals surface area contributed by atoms with Crippen LogP contribution in [-0.4, -0.2) is 0 Å². The molecule has 0 atom stereocenters. The maximum atomic E-state index is 2.58. The number of anilines is 12. The van der Waals surface area contributed by atoms with E-state index in [-0.39, 0.29) is 0 Å². The van der Waals surface area contributed by atoms with Crippen LogP contribution < -0.4 is 19.6 Å². The summed E-state index contributed by atoms with van der Waals surface area (Å²) in [5.74, 6) is 0. The molecule has 426 valence electrons. The summed E-state index contributed by atoms with van der Waals surface area (Å²) in [4.78, 5) is 10.3. The molecule has 4 aromatic heterocycles. The largest absolute Gasteiger partial charge is 0.309 e. The highest BCUT2D eigenvalue weighted by Crippen LogP contribution is 2.57. The van der Waals surface area contributed by atoms with Gasteiger partial charge in [-0.15, -0.1) is 45.3 Å². The number of aryl methyl sites for hydroxylation is 4. The third-order valence-corrected chi connectivity index (χ3v) is 21.6. The number of hydrogen-bond acceptors (Lipinski definition) is 8. The van der Waals surface area contributed by atoms with Crippen molar-refractivity contribution < 1.29 is 0 Å². The van der Waals surface area contributed by atoms with Gasteiger partial charge in [0.05, 0.1) is 45.5 Å². The van der Waals surface area contributed by atoms with Gasteiger partial charge in [0.2, 0.25) is 0 Å². The third kappa shape index (κ3) is 8.71. The number of thiophene rings is 4. The minimum atomic E-state index is 0.868. The Labute approximate surface area is 529 Å². The lowest BCUT2D eigenvalue weighted by atomic mass is 9.88. The van der Waals surface area contributed by atoms with Crippen LogP contribution in [0.15, 0.2) is 252 Å². The maximum absolute atomic E-state index is 2.58. The van der Waals surface area contributed by atoms with Crippen LogP contribution in [0.25, 0.3) is 72.7 Å².